The van der Waals surface area contributed by atoms with E-state index in [1.807, 2.05) is 6.92 Å². The molecule has 0 amide bonds. The Morgan fingerprint density at radius 2 is 2.22 bits per heavy atom. The largest absolute Gasteiger partial charge is 0.432 e. The average Bonchev–Trinajstić information content (AvgIpc) is 2.61. The van der Waals surface area contributed by atoms with E-state index in [4.69, 9.17) is 0 Å². The van der Waals surface area contributed by atoms with Crippen LogP contribution in [0.15, 0.2) is 6.20 Å². The smallest absolute Gasteiger partial charge is 0.413 e. The number of carbonyl (C=O) groups is 2. The first-order valence-electron chi connectivity index (χ1n) is 6.40. The van der Waals surface area contributed by atoms with Gasteiger partial charge >= 0.3 is 7.05 Å². The van der Waals surface area contributed by atoms with Crippen molar-refractivity contribution in [2.75, 3.05) is 0 Å². The second kappa shape index (κ2) is 4.73. The highest BCUT2D eigenvalue weighted by Crippen LogP contribution is 2.29. The Morgan fingerprint density at radius 3 is 2.78 bits per heavy atom. The molecule has 1 aromatic rings. The van der Waals surface area contributed by atoms with Gasteiger partial charge in [-0.25, -0.2) is 0 Å². The number of aromatic nitrogens is 1. The van der Waals surface area contributed by atoms with Gasteiger partial charge in [0.2, 0.25) is 0 Å². The molecule has 0 saturated heterocycles. The van der Waals surface area contributed by atoms with Gasteiger partial charge in [-0.15, -0.1) is 0 Å². The van der Waals surface area contributed by atoms with Gasteiger partial charge < -0.3 is 9.50 Å². The van der Waals surface area contributed by atoms with E-state index in [-0.39, 0.29) is 17.5 Å². The summed E-state index contributed by atoms with van der Waals surface area (Å²) in [7, 11) is -0.715. The predicted octanol–water partition coefficient (Wildman–Crippen LogP) is 1.80. The molecule has 18 heavy (non-hydrogen) atoms. The molecule has 0 spiro atoms. The molecule has 0 bridgehead atoms. The number of rotatable bonds is 2. The van der Waals surface area contributed by atoms with E-state index in [1.54, 1.807) is 17.5 Å². The molecule has 2 rings (SSSR count). The van der Waals surface area contributed by atoms with Gasteiger partial charge in [-0.05, 0) is 33.0 Å². The van der Waals surface area contributed by atoms with E-state index >= 15 is 0 Å². The van der Waals surface area contributed by atoms with Crippen molar-refractivity contribution in [3.8, 4) is 0 Å². The van der Waals surface area contributed by atoms with Gasteiger partial charge in [-0.1, -0.05) is 6.92 Å². The number of hydrogen-bond acceptors (Lipinski definition) is 3. The van der Waals surface area contributed by atoms with E-state index in [9.17, 15) is 14.6 Å². The number of Topliss-reactive ketones (excluding diaryl/α,β-unsaturated/α-hetero) is 2. The van der Waals surface area contributed by atoms with Crippen LogP contribution in [0.5, 0.6) is 0 Å². The fourth-order valence-electron chi connectivity index (χ4n) is 2.65. The Morgan fingerprint density at radius 1 is 1.56 bits per heavy atom. The van der Waals surface area contributed by atoms with Gasteiger partial charge in [-0.2, -0.15) is 0 Å². The monoisotopic (exact) mass is 247 g/mol. The second-order valence-electron chi connectivity index (χ2n) is 5.12. The summed E-state index contributed by atoms with van der Waals surface area (Å²) < 4.78 is 1.65. The van der Waals surface area contributed by atoms with Crippen LogP contribution in [0.2, 0.25) is 6.82 Å². The van der Waals surface area contributed by atoms with Crippen molar-refractivity contribution in [2.24, 2.45) is 5.92 Å². The van der Waals surface area contributed by atoms with Crippen molar-refractivity contribution in [1.29, 1.82) is 0 Å². The highest BCUT2D eigenvalue weighted by atomic mass is 16.2. The zero-order valence-corrected chi connectivity index (χ0v) is 11.1. The van der Waals surface area contributed by atoms with Gasteiger partial charge in [0.05, 0.1) is 0 Å². The standard InChI is InChI=1S/C13H18BNO3/c1-8-5-4-6-11-12(13(8)17)10(9(2)16)7-15(11)14(3)18/h7-8,18H,4-6H2,1-3H3. The number of fused-ring (bicyclic) bond motifs is 1. The summed E-state index contributed by atoms with van der Waals surface area (Å²) in [5, 5.41) is 9.76. The third-order valence-electron chi connectivity index (χ3n) is 3.66. The maximum atomic E-state index is 12.4. The number of nitrogens with zero attached hydrogens (tertiary/aromatic N) is 1. The van der Waals surface area contributed by atoms with Crippen molar-refractivity contribution in [2.45, 2.75) is 39.9 Å². The van der Waals surface area contributed by atoms with Crippen LogP contribution < -0.4 is 0 Å². The lowest BCUT2D eigenvalue weighted by atomic mass is 9.87. The minimum atomic E-state index is -0.715. The quantitative estimate of drug-likeness (QED) is 0.492. The molecule has 1 aromatic heterocycles. The van der Waals surface area contributed by atoms with E-state index < -0.39 is 7.05 Å². The molecular formula is C13H18BNO3. The summed E-state index contributed by atoms with van der Waals surface area (Å²) in [4.78, 5) is 24.0. The van der Waals surface area contributed by atoms with Crippen molar-refractivity contribution in [3.05, 3.63) is 23.0 Å². The zero-order chi connectivity index (χ0) is 13.4. The maximum absolute atomic E-state index is 12.4. The van der Waals surface area contributed by atoms with E-state index in [0.29, 0.717) is 11.1 Å². The lowest BCUT2D eigenvalue weighted by Crippen LogP contribution is -2.21. The van der Waals surface area contributed by atoms with Crippen LogP contribution in [-0.4, -0.2) is 28.1 Å². The summed E-state index contributed by atoms with van der Waals surface area (Å²) >= 11 is 0. The van der Waals surface area contributed by atoms with Crippen LogP contribution >= 0.6 is 0 Å². The normalized spacial score (nSPS) is 19.3. The summed E-state index contributed by atoms with van der Waals surface area (Å²) in [6, 6.07) is 0. The Hall–Kier alpha value is -1.36. The van der Waals surface area contributed by atoms with Crippen molar-refractivity contribution < 1.29 is 14.6 Å². The van der Waals surface area contributed by atoms with E-state index in [1.165, 1.54) is 6.92 Å². The van der Waals surface area contributed by atoms with Gasteiger partial charge in [0.1, 0.15) is 0 Å². The van der Waals surface area contributed by atoms with Crippen LogP contribution in [0.4, 0.5) is 0 Å². The highest BCUT2D eigenvalue weighted by molar-refractivity contribution is 6.47. The molecule has 96 valence electrons. The first-order chi connectivity index (χ1) is 8.43. The molecule has 1 aliphatic rings. The fraction of sp³-hybridized carbons (Fsp3) is 0.538. The second-order valence-corrected chi connectivity index (χ2v) is 5.12. The number of carbonyl (C=O) groups excluding carboxylic acids is 2. The first-order valence-corrected chi connectivity index (χ1v) is 6.40. The molecule has 0 radical (unpaired) electrons. The molecule has 0 fully saturated rings. The third kappa shape index (κ3) is 2.03. The molecule has 4 nitrogen and oxygen atoms in total. The molecule has 1 N–H and O–H groups in total. The summed E-state index contributed by atoms with van der Waals surface area (Å²) in [5.74, 6) is -0.130. The van der Waals surface area contributed by atoms with Crippen LogP contribution in [0.25, 0.3) is 0 Å². The van der Waals surface area contributed by atoms with E-state index in [2.05, 4.69) is 0 Å². The highest BCUT2D eigenvalue weighted by Gasteiger charge is 2.30. The van der Waals surface area contributed by atoms with Gasteiger partial charge in [0.25, 0.3) is 0 Å². The van der Waals surface area contributed by atoms with Gasteiger partial charge in [-0.3, -0.25) is 9.59 Å². The Kier molecular flexibility index (Phi) is 3.44. The van der Waals surface area contributed by atoms with Crippen molar-refractivity contribution in [1.82, 2.24) is 4.48 Å². The minimum absolute atomic E-state index is 0.0344. The molecular weight excluding hydrogens is 229 g/mol. The SMILES string of the molecule is CB(O)n1cc(C(C)=O)c2c1CCCC(C)C2=O. The number of ketones is 2. The third-order valence-corrected chi connectivity index (χ3v) is 3.66. The van der Waals surface area contributed by atoms with Crippen LogP contribution in [-0.2, 0) is 6.42 Å². The van der Waals surface area contributed by atoms with Crippen LogP contribution in [0.3, 0.4) is 0 Å². The lowest BCUT2D eigenvalue weighted by Gasteiger charge is -2.08. The molecule has 0 saturated carbocycles. The average molecular weight is 247 g/mol. The molecule has 1 atom stereocenters. The van der Waals surface area contributed by atoms with Gasteiger partial charge in [0.15, 0.2) is 11.6 Å². The molecule has 1 aliphatic carbocycles. The zero-order valence-electron chi connectivity index (χ0n) is 11.1. The van der Waals surface area contributed by atoms with Crippen LogP contribution in [0.1, 0.15) is 53.1 Å². The summed E-state index contributed by atoms with van der Waals surface area (Å²) in [6.45, 7) is 5.01. The minimum Gasteiger partial charge on any atom is -0.432 e. The van der Waals surface area contributed by atoms with Crippen molar-refractivity contribution in [3.63, 3.8) is 0 Å². The molecule has 1 unspecified atom stereocenters. The molecule has 5 heteroatoms. The first kappa shape index (κ1) is 13.1. The number of hydrogen-bond donors (Lipinski definition) is 1. The predicted molar refractivity (Wildman–Crippen MR) is 70.1 cm³/mol. The summed E-state index contributed by atoms with van der Waals surface area (Å²) in [5.41, 5.74) is 1.79. The van der Waals surface area contributed by atoms with E-state index in [0.717, 1.165) is 25.0 Å². The van der Waals surface area contributed by atoms with Crippen molar-refractivity contribution >= 4 is 18.6 Å². The fourth-order valence-corrected chi connectivity index (χ4v) is 2.65. The maximum Gasteiger partial charge on any atom is 0.413 e. The molecule has 1 heterocycles. The Bertz CT molecular complexity index is 505. The lowest BCUT2D eigenvalue weighted by molar-refractivity contribution is 0.0916. The molecule has 0 aliphatic heterocycles. The Balaban J connectivity index is 2.66. The molecule has 0 aromatic carbocycles. The van der Waals surface area contributed by atoms with Gasteiger partial charge in [0, 0.05) is 28.9 Å². The van der Waals surface area contributed by atoms with Crippen LogP contribution in [0, 0.1) is 5.92 Å². The Labute approximate surface area is 107 Å². The summed E-state index contributed by atoms with van der Waals surface area (Å²) in [6.07, 6.45) is 4.11. The topological polar surface area (TPSA) is 59.3 Å².